The van der Waals surface area contributed by atoms with Crippen LogP contribution in [0.1, 0.15) is 33.6 Å². The zero-order valence-electron chi connectivity index (χ0n) is 17.1. The van der Waals surface area contributed by atoms with Gasteiger partial charge in [0.1, 0.15) is 12.7 Å². The number of ether oxygens (including phenoxy) is 2. The van der Waals surface area contributed by atoms with Crippen molar-refractivity contribution in [3.63, 3.8) is 0 Å². The zero-order valence-corrected chi connectivity index (χ0v) is 17.1. The molecule has 5 rings (SSSR count). The Morgan fingerprint density at radius 1 is 1.34 bits per heavy atom. The fraction of sp³-hybridized carbons (Fsp3) is 0.500. The summed E-state index contributed by atoms with van der Waals surface area (Å²) in [6.07, 6.45) is 8.22. The number of nitrogens with zero attached hydrogens (tertiary/aromatic N) is 4. The number of nitrogens with one attached hydrogen (secondary N) is 1. The fourth-order valence-corrected chi connectivity index (χ4v) is 4.10. The summed E-state index contributed by atoms with van der Waals surface area (Å²) in [5, 5.41) is 8.96. The standard InChI is InChI=1S/C22H27N5O2/c1-22(2,3)27-12-14(11-25-27)17-10-18-16(5-4-7-23-18)21(26-17)28-13-20-19-9-15(29-20)6-8-24-19/h4-5,7,10-12,15,19-20,24H,6,8-9,13H2,1-3H3/t15-,19+,20-/m1/s1. The van der Waals surface area contributed by atoms with E-state index in [1.54, 1.807) is 6.20 Å². The molecule has 3 atom stereocenters. The van der Waals surface area contributed by atoms with Crippen molar-refractivity contribution >= 4 is 10.9 Å². The molecular weight excluding hydrogens is 366 g/mol. The second kappa shape index (κ2) is 7.07. The lowest BCUT2D eigenvalue weighted by molar-refractivity contribution is 0.0184. The van der Waals surface area contributed by atoms with Crippen molar-refractivity contribution in [2.45, 2.75) is 57.4 Å². The highest BCUT2D eigenvalue weighted by molar-refractivity contribution is 5.86. The van der Waals surface area contributed by atoms with Crippen LogP contribution >= 0.6 is 0 Å². The summed E-state index contributed by atoms with van der Waals surface area (Å²) in [6, 6.07) is 6.27. The number of pyridine rings is 2. The van der Waals surface area contributed by atoms with Gasteiger partial charge in [-0.15, -0.1) is 0 Å². The maximum atomic E-state index is 6.20. The number of hydrogen-bond acceptors (Lipinski definition) is 6. The van der Waals surface area contributed by atoms with Crippen molar-refractivity contribution in [3.05, 3.63) is 36.8 Å². The topological polar surface area (TPSA) is 74.1 Å². The monoisotopic (exact) mass is 393 g/mol. The first-order valence-electron chi connectivity index (χ1n) is 10.3. The first-order chi connectivity index (χ1) is 14.0. The number of fused-ring (bicyclic) bond motifs is 3. The van der Waals surface area contributed by atoms with Gasteiger partial charge in [0, 0.05) is 24.0 Å². The van der Waals surface area contributed by atoms with Gasteiger partial charge >= 0.3 is 0 Å². The van der Waals surface area contributed by atoms with Gasteiger partial charge in [0.2, 0.25) is 5.88 Å². The molecule has 2 aliphatic heterocycles. The fourth-order valence-electron chi connectivity index (χ4n) is 4.10. The Labute approximate surface area is 170 Å². The van der Waals surface area contributed by atoms with Crippen molar-refractivity contribution in [2.24, 2.45) is 0 Å². The van der Waals surface area contributed by atoms with Crippen molar-refractivity contribution in [1.29, 1.82) is 0 Å². The van der Waals surface area contributed by atoms with E-state index in [1.165, 1.54) is 0 Å². The molecule has 2 bridgehead atoms. The highest BCUT2D eigenvalue weighted by Crippen LogP contribution is 2.31. The van der Waals surface area contributed by atoms with E-state index in [9.17, 15) is 0 Å². The van der Waals surface area contributed by atoms with Gasteiger partial charge in [0.25, 0.3) is 0 Å². The summed E-state index contributed by atoms with van der Waals surface area (Å²) >= 11 is 0. The van der Waals surface area contributed by atoms with Gasteiger partial charge in [-0.1, -0.05) is 0 Å². The first kappa shape index (κ1) is 18.5. The molecule has 0 aromatic carbocycles. The minimum Gasteiger partial charge on any atom is -0.474 e. The highest BCUT2D eigenvalue weighted by Gasteiger charge is 2.38. The van der Waals surface area contributed by atoms with Gasteiger partial charge in [0.05, 0.1) is 34.4 Å². The molecule has 0 amide bonds. The summed E-state index contributed by atoms with van der Waals surface area (Å²) in [7, 11) is 0. The lowest BCUT2D eigenvalue weighted by Gasteiger charge is -2.20. The molecule has 3 aromatic heterocycles. The van der Waals surface area contributed by atoms with E-state index < -0.39 is 0 Å². The van der Waals surface area contributed by atoms with Crippen LogP contribution in [0.5, 0.6) is 5.88 Å². The third kappa shape index (κ3) is 3.60. The van der Waals surface area contributed by atoms with Crippen molar-refractivity contribution in [2.75, 3.05) is 13.2 Å². The minimum absolute atomic E-state index is 0.0586. The van der Waals surface area contributed by atoms with Gasteiger partial charge in [-0.3, -0.25) is 9.67 Å². The third-order valence-electron chi connectivity index (χ3n) is 5.72. The molecule has 0 spiro atoms. The summed E-state index contributed by atoms with van der Waals surface area (Å²) < 4.78 is 14.3. The number of rotatable bonds is 4. The van der Waals surface area contributed by atoms with E-state index in [0.29, 0.717) is 24.6 Å². The third-order valence-corrected chi connectivity index (χ3v) is 5.72. The second-order valence-electron chi connectivity index (χ2n) is 8.92. The van der Waals surface area contributed by atoms with Crippen LogP contribution in [-0.2, 0) is 10.3 Å². The second-order valence-corrected chi connectivity index (χ2v) is 8.92. The molecule has 3 aromatic rings. The van der Waals surface area contributed by atoms with Gasteiger partial charge in [-0.2, -0.15) is 5.10 Å². The van der Waals surface area contributed by atoms with Crippen molar-refractivity contribution in [1.82, 2.24) is 25.1 Å². The van der Waals surface area contributed by atoms with Crippen LogP contribution in [0.2, 0.25) is 0 Å². The lowest BCUT2D eigenvalue weighted by Crippen LogP contribution is -2.41. The molecule has 0 aliphatic carbocycles. The van der Waals surface area contributed by atoms with Gasteiger partial charge in [-0.05, 0) is 58.4 Å². The normalized spacial score (nSPS) is 24.2. The molecule has 152 valence electrons. The number of aromatic nitrogens is 4. The van der Waals surface area contributed by atoms with Gasteiger partial charge < -0.3 is 14.8 Å². The van der Waals surface area contributed by atoms with Crippen LogP contribution in [-0.4, -0.2) is 51.1 Å². The van der Waals surface area contributed by atoms with Crippen LogP contribution in [0, 0.1) is 0 Å². The Bertz CT molecular complexity index is 1030. The highest BCUT2D eigenvalue weighted by atomic mass is 16.5. The Morgan fingerprint density at radius 2 is 2.24 bits per heavy atom. The molecule has 5 heterocycles. The Balaban J connectivity index is 1.45. The predicted octanol–water partition coefficient (Wildman–Crippen LogP) is 3.15. The number of hydrogen-bond donors (Lipinski definition) is 1. The van der Waals surface area contributed by atoms with Crippen LogP contribution in [0.3, 0.4) is 0 Å². The van der Waals surface area contributed by atoms with Gasteiger partial charge in [-0.25, -0.2) is 4.98 Å². The Hall–Kier alpha value is -2.51. The van der Waals surface area contributed by atoms with E-state index in [0.717, 1.165) is 41.5 Å². The summed E-state index contributed by atoms with van der Waals surface area (Å²) in [5.74, 6) is 0.596. The summed E-state index contributed by atoms with van der Waals surface area (Å²) in [6.45, 7) is 7.87. The van der Waals surface area contributed by atoms with E-state index in [2.05, 4.69) is 36.2 Å². The van der Waals surface area contributed by atoms with Gasteiger partial charge in [0.15, 0.2) is 0 Å². The molecule has 0 saturated carbocycles. The lowest BCUT2D eigenvalue weighted by atomic mass is 10.0. The molecule has 1 N–H and O–H groups in total. The van der Waals surface area contributed by atoms with E-state index in [1.807, 2.05) is 35.3 Å². The van der Waals surface area contributed by atoms with Crippen LogP contribution in [0.4, 0.5) is 0 Å². The first-order valence-corrected chi connectivity index (χ1v) is 10.3. The molecule has 2 fully saturated rings. The quantitative estimate of drug-likeness (QED) is 0.734. The smallest absolute Gasteiger partial charge is 0.223 e. The average Bonchev–Trinajstić information content (AvgIpc) is 3.31. The van der Waals surface area contributed by atoms with Crippen LogP contribution in [0.15, 0.2) is 36.8 Å². The van der Waals surface area contributed by atoms with Crippen molar-refractivity contribution < 1.29 is 9.47 Å². The average molecular weight is 393 g/mol. The molecule has 7 nitrogen and oxygen atoms in total. The molecule has 29 heavy (non-hydrogen) atoms. The Morgan fingerprint density at radius 3 is 3.03 bits per heavy atom. The number of piperidine rings is 1. The molecule has 0 radical (unpaired) electrons. The van der Waals surface area contributed by atoms with Crippen LogP contribution < -0.4 is 10.1 Å². The largest absolute Gasteiger partial charge is 0.474 e. The predicted molar refractivity (Wildman–Crippen MR) is 111 cm³/mol. The zero-order chi connectivity index (χ0) is 20.0. The molecule has 2 aliphatic rings. The van der Waals surface area contributed by atoms with Crippen molar-refractivity contribution in [3.8, 4) is 17.1 Å². The Kier molecular flexibility index (Phi) is 4.52. The molecular formula is C22H27N5O2. The minimum atomic E-state index is -0.0860. The maximum Gasteiger partial charge on any atom is 0.223 e. The maximum absolute atomic E-state index is 6.20. The van der Waals surface area contributed by atoms with E-state index in [4.69, 9.17) is 14.5 Å². The molecule has 0 unspecified atom stereocenters. The molecule has 2 saturated heterocycles. The molecule has 7 heteroatoms. The SMILES string of the molecule is CC(C)(C)n1cc(-c2cc3ncccc3c(OC[C@H]3O[C@@H]4CCN[C@H]3C4)n2)cn1. The summed E-state index contributed by atoms with van der Waals surface area (Å²) in [4.78, 5) is 9.35. The van der Waals surface area contributed by atoms with Crippen LogP contribution in [0.25, 0.3) is 22.2 Å². The van der Waals surface area contributed by atoms with E-state index in [-0.39, 0.29) is 11.6 Å². The van der Waals surface area contributed by atoms with E-state index >= 15 is 0 Å². The summed E-state index contributed by atoms with van der Waals surface area (Å²) in [5.41, 5.74) is 2.54.